The average Bonchev–Trinajstić information content (AvgIpc) is 2.70. The summed E-state index contributed by atoms with van der Waals surface area (Å²) in [7, 11) is 0. The molecule has 0 bridgehead atoms. The van der Waals surface area contributed by atoms with E-state index in [1.807, 2.05) is 55.8 Å². The van der Waals surface area contributed by atoms with Crippen molar-refractivity contribution in [2.45, 2.75) is 27.3 Å². The summed E-state index contributed by atoms with van der Waals surface area (Å²) in [5.41, 5.74) is 2.83. The molecule has 106 valence electrons. The van der Waals surface area contributed by atoms with Gasteiger partial charge in [-0.1, -0.05) is 19.1 Å². The maximum atomic E-state index is 12.2. The number of benzene rings is 1. The highest BCUT2D eigenvalue weighted by atomic mass is 79.9. The standard InChI is InChI=1S/C15H18BrN3O/c1-10(9-19-12(3)8-11(2)18-19)15(20)17-14-7-5-4-6-13(14)16/h4-8,10H,9H2,1-3H3,(H,17,20). The van der Waals surface area contributed by atoms with Crippen LogP contribution in [0, 0.1) is 19.8 Å². The number of hydrogen-bond acceptors (Lipinski definition) is 2. The molecule has 4 nitrogen and oxygen atoms in total. The molecule has 1 unspecified atom stereocenters. The van der Waals surface area contributed by atoms with Crippen molar-refractivity contribution in [3.8, 4) is 0 Å². The predicted molar refractivity (Wildman–Crippen MR) is 83.6 cm³/mol. The minimum Gasteiger partial charge on any atom is -0.325 e. The first-order valence-electron chi connectivity index (χ1n) is 6.54. The van der Waals surface area contributed by atoms with Gasteiger partial charge in [0.15, 0.2) is 0 Å². The lowest BCUT2D eigenvalue weighted by atomic mass is 10.1. The maximum absolute atomic E-state index is 12.2. The summed E-state index contributed by atoms with van der Waals surface area (Å²) in [4.78, 5) is 12.2. The Morgan fingerprint density at radius 2 is 2.10 bits per heavy atom. The lowest BCUT2D eigenvalue weighted by Gasteiger charge is -2.14. The number of nitrogens with one attached hydrogen (secondary N) is 1. The number of para-hydroxylation sites is 1. The molecule has 1 aromatic heterocycles. The first kappa shape index (κ1) is 14.8. The average molecular weight is 336 g/mol. The van der Waals surface area contributed by atoms with Crippen molar-refractivity contribution in [3.63, 3.8) is 0 Å². The Bertz CT molecular complexity index is 621. The Morgan fingerprint density at radius 1 is 1.40 bits per heavy atom. The second-order valence-corrected chi connectivity index (χ2v) is 5.83. The Labute approximate surface area is 127 Å². The summed E-state index contributed by atoms with van der Waals surface area (Å²) in [6, 6.07) is 9.60. The number of aryl methyl sites for hydroxylation is 2. The number of halogens is 1. The monoisotopic (exact) mass is 335 g/mol. The van der Waals surface area contributed by atoms with Gasteiger partial charge in [0.25, 0.3) is 0 Å². The molecule has 2 rings (SSSR count). The van der Waals surface area contributed by atoms with Gasteiger partial charge in [-0.2, -0.15) is 5.10 Å². The van der Waals surface area contributed by atoms with Crippen LogP contribution >= 0.6 is 15.9 Å². The van der Waals surface area contributed by atoms with Gasteiger partial charge in [-0.15, -0.1) is 0 Å². The Hall–Kier alpha value is -1.62. The van der Waals surface area contributed by atoms with E-state index >= 15 is 0 Å². The quantitative estimate of drug-likeness (QED) is 0.928. The summed E-state index contributed by atoms with van der Waals surface area (Å²) < 4.78 is 2.76. The molecule has 0 aliphatic carbocycles. The molecule has 2 aromatic rings. The third kappa shape index (κ3) is 3.48. The van der Waals surface area contributed by atoms with E-state index in [1.165, 1.54) is 0 Å². The highest BCUT2D eigenvalue weighted by molar-refractivity contribution is 9.10. The van der Waals surface area contributed by atoms with E-state index < -0.39 is 0 Å². The van der Waals surface area contributed by atoms with Crippen LogP contribution in [-0.4, -0.2) is 15.7 Å². The minimum absolute atomic E-state index is 0.00977. The van der Waals surface area contributed by atoms with Gasteiger partial charge >= 0.3 is 0 Å². The van der Waals surface area contributed by atoms with Crippen LogP contribution in [0.15, 0.2) is 34.8 Å². The number of rotatable bonds is 4. The van der Waals surface area contributed by atoms with Gasteiger partial charge in [0, 0.05) is 10.2 Å². The van der Waals surface area contributed by atoms with Crippen molar-refractivity contribution in [1.29, 1.82) is 0 Å². The van der Waals surface area contributed by atoms with E-state index in [-0.39, 0.29) is 11.8 Å². The molecule has 1 heterocycles. The first-order chi connectivity index (χ1) is 9.47. The molecule has 0 radical (unpaired) electrons. The summed E-state index contributed by atoms with van der Waals surface area (Å²) in [5.74, 6) is -0.162. The topological polar surface area (TPSA) is 46.9 Å². The van der Waals surface area contributed by atoms with Gasteiger partial charge in [-0.3, -0.25) is 9.48 Å². The van der Waals surface area contributed by atoms with Crippen molar-refractivity contribution in [2.75, 3.05) is 5.32 Å². The fraction of sp³-hybridized carbons (Fsp3) is 0.333. The van der Waals surface area contributed by atoms with Gasteiger partial charge in [-0.25, -0.2) is 0 Å². The van der Waals surface area contributed by atoms with Crippen molar-refractivity contribution < 1.29 is 4.79 Å². The van der Waals surface area contributed by atoms with E-state index in [2.05, 4.69) is 26.3 Å². The summed E-state index contributed by atoms with van der Waals surface area (Å²) in [5, 5.41) is 7.31. The predicted octanol–water partition coefficient (Wildman–Crippen LogP) is 3.54. The molecule has 20 heavy (non-hydrogen) atoms. The van der Waals surface area contributed by atoms with Crippen molar-refractivity contribution in [2.24, 2.45) is 5.92 Å². The Kier molecular flexibility index (Phi) is 4.60. The second kappa shape index (κ2) is 6.22. The molecule has 0 spiro atoms. The molecule has 1 amide bonds. The molecular weight excluding hydrogens is 318 g/mol. The molecule has 5 heteroatoms. The molecule has 1 aromatic carbocycles. The van der Waals surface area contributed by atoms with Crippen LogP contribution in [0.5, 0.6) is 0 Å². The normalized spacial score (nSPS) is 12.2. The smallest absolute Gasteiger partial charge is 0.229 e. The van der Waals surface area contributed by atoms with E-state index in [1.54, 1.807) is 0 Å². The summed E-state index contributed by atoms with van der Waals surface area (Å²) in [6.45, 7) is 6.44. The lowest BCUT2D eigenvalue weighted by molar-refractivity contribution is -0.119. The minimum atomic E-state index is -0.153. The first-order valence-corrected chi connectivity index (χ1v) is 7.33. The van der Waals surface area contributed by atoms with E-state index in [0.717, 1.165) is 21.5 Å². The zero-order chi connectivity index (χ0) is 14.7. The third-order valence-corrected chi connectivity index (χ3v) is 3.82. The van der Waals surface area contributed by atoms with Crippen LogP contribution in [0.1, 0.15) is 18.3 Å². The molecule has 0 saturated carbocycles. The Balaban J connectivity index is 2.02. The fourth-order valence-corrected chi connectivity index (χ4v) is 2.40. The van der Waals surface area contributed by atoms with Crippen LogP contribution < -0.4 is 5.32 Å². The number of carbonyl (C=O) groups is 1. The van der Waals surface area contributed by atoms with Crippen molar-refractivity contribution in [1.82, 2.24) is 9.78 Å². The molecule has 0 aliphatic heterocycles. The molecular formula is C15H18BrN3O. The number of carbonyl (C=O) groups excluding carboxylic acids is 1. The van der Waals surface area contributed by atoms with Crippen LogP contribution in [0.25, 0.3) is 0 Å². The largest absolute Gasteiger partial charge is 0.325 e. The van der Waals surface area contributed by atoms with E-state index in [4.69, 9.17) is 0 Å². The number of nitrogens with zero attached hydrogens (tertiary/aromatic N) is 2. The highest BCUT2D eigenvalue weighted by Crippen LogP contribution is 2.22. The summed E-state index contributed by atoms with van der Waals surface area (Å²) >= 11 is 3.42. The molecule has 1 N–H and O–H groups in total. The van der Waals surface area contributed by atoms with Gasteiger partial charge in [0.2, 0.25) is 5.91 Å². The van der Waals surface area contributed by atoms with Gasteiger partial charge in [-0.05, 0) is 48.0 Å². The number of amides is 1. The number of hydrogen-bond donors (Lipinski definition) is 1. The summed E-state index contributed by atoms with van der Waals surface area (Å²) in [6.07, 6.45) is 0. The zero-order valence-corrected chi connectivity index (χ0v) is 13.4. The van der Waals surface area contributed by atoms with Gasteiger partial charge in [0.05, 0.1) is 23.8 Å². The third-order valence-electron chi connectivity index (χ3n) is 3.13. The van der Waals surface area contributed by atoms with Crippen molar-refractivity contribution >= 4 is 27.5 Å². The lowest BCUT2D eigenvalue weighted by Crippen LogP contribution is -2.25. The zero-order valence-electron chi connectivity index (χ0n) is 11.9. The highest BCUT2D eigenvalue weighted by Gasteiger charge is 2.16. The maximum Gasteiger partial charge on any atom is 0.229 e. The van der Waals surface area contributed by atoms with Gasteiger partial charge in [0.1, 0.15) is 0 Å². The van der Waals surface area contributed by atoms with Crippen LogP contribution in [0.4, 0.5) is 5.69 Å². The van der Waals surface area contributed by atoms with Gasteiger partial charge < -0.3 is 5.32 Å². The SMILES string of the molecule is Cc1cc(C)n(CC(C)C(=O)Nc2ccccc2Br)n1. The number of anilines is 1. The van der Waals surface area contributed by atoms with Crippen LogP contribution in [0.2, 0.25) is 0 Å². The van der Waals surface area contributed by atoms with E-state index in [9.17, 15) is 4.79 Å². The van der Waals surface area contributed by atoms with Crippen LogP contribution in [0.3, 0.4) is 0 Å². The molecule has 1 atom stereocenters. The fourth-order valence-electron chi connectivity index (χ4n) is 2.02. The molecule has 0 fully saturated rings. The van der Waals surface area contributed by atoms with Crippen molar-refractivity contribution in [3.05, 3.63) is 46.2 Å². The van der Waals surface area contributed by atoms with Crippen LogP contribution in [-0.2, 0) is 11.3 Å². The Morgan fingerprint density at radius 3 is 2.70 bits per heavy atom. The molecule has 0 saturated heterocycles. The number of aromatic nitrogens is 2. The molecule has 0 aliphatic rings. The van der Waals surface area contributed by atoms with E-state index in [0.29, 0.717) is 6.54 Å². The second-order valence-electron chi connectivity index (χ2n) is 4.98.